The van der Waals surface area contributed by atoms with E-state index in [0.29, 0.717) is 13.0 Å². The van der Waals surface area contributed by atoms with Crippen LogP contribution in [0.5, 0.6) is 0 Å². The minimum Gasteiger partial charge on any atom is -0.338 e. The van der Waals surface area contributed by atoms with Gasteiger partial charge in [0.1, 0.15) is 18.5 Å². The second-order valence-corrected chi connectivity index (χ2v) is 5.64. The van der Waals surface area contributed by atoms with Gasteiger partial charge in [0.05, 0.1) is 17.6 Å². The molecule has 0 spiro atoms. The smallest absolute Gasteiger partial charge is 0.226 e. The van der Waals surface area contributed by atoms with E-state index in [4.69, 9.17) is 0 Å². The second-order valence-electron chi connectivity index (χ2n) is 5.64. The predicted octanol–water partition coefficient (Wildman–Crippen LogP) is 2.85. The minimum absolute atomic E-state index is 0.0630. The molecule has 0 saturated carbocycles. The maximum absolute atomic E-state index is 12.0. The number of imidazole rings is 1. The highest BCUT2D eigenvalue weighted by atomic mass is 16.1. The third kappa shape index (κ3) is 3.40. The Hall–Kier alpha value is -3.48. The summed E-state index contributed by atoms with van der Waals surface area (Å²) in [6.45, 7) is 0.503. The summed E-state index contributed by atoms with van der Waals surface area (Å²) in [4.78, 5) is 23.7. The summed E-state index contributed by atoms with van der Waals surface area (Å²) in [5.74, 6) is 0.747. The molecule has 0 aliphatic heterocycles. The number of anilines is 1. The average molecular weight is 332 g/mol. The number of fused-ring (bicyclic) bond motifs is 1. The Labute approximate surface area is 143 Å². The molecule has 7 nitrogen and oxygen atoms in total. The molecule has 0 fully saturated rings. The second kappa shape index (κ2) is 6.56. The lowest BCUT2D eigenvalue weighted by atomic mass is 10.2. The molecule has 2 N–H and O–H groups in total. The summed E-state index contributed by atoms with van der Waals surface area (Å²) < 4.78 is 1.63. The van der Waals surface area contributed by atoms with Crippen LogP contribution >= 0.6 is 0 Å². The van der Waals surface area contributed by atoms with Crippen LogP contribution in [0.1, 0.15) is 6.42 Å². The van der Waals surface area contributed by atoms with Crippen LogP contribution in [0.15, 0.2) is 61.2 Å². The van der Waals surface area contributed by atoms with E-state index in [1.165, 1.54) is 6.33 Å². The third-order valence-corrected chi connectivity index (χ3v) is 3.87. The molecule has 4 rings (SSSR count). The number of H-pyrrole nitrogens is 1. The van der Waals surface area contributed by atoms with Gasteiger partial charge in [-0.1, -0.05) is 12.1 Å². The number of aromatic nitrogens is 5. The van der Waals surface area contributed by atoms with E-state index in [2.05, 4.69) is 25.4 Å². The zero-order valence-electron chi connectivity index (χ0n) is 13.4. The predicted molar refractivity (Wildman–Crippen MR) is 94.8 cm³/mol. The van der Waals surface area contributed by atoms with Crippen LogP contribution in [-0.4, -0.2) is 30.6 Å². The summed E-state index contributed by atoms with van der Waals surface area (Å²) in [5.41, 5.74) is 3.66. The van der Waals surface area contributed by atoms with Crippen LogP contribution in [0, 0.1) is 0 Å². The maximum atomic E-state index is 12.0. The Morgan fingerprint density at radius 2 is 1.96 bits per heavy atom. The molecule has 124 valence electrons. The first-order valence-electron chi connectivity index (χ1n) is 7.95. The van der Waals surface area contributed by atoms with Crippen molar-refractivity contribution in [3.05, 3.63) is 61.2 Å². The van der Waals surface area contributed by atoms with Crippen molar-refractivity contribution < 1.29 is 4.79 Å². The number of nitrogens with one attached hydrogen (secondary N) is 2. The topological polar surface area (TPSA) is 88.5 Å². The van der Waals surface area contributed by atoms with Gasteiger partial charge in [-0.2, -0.15) is 5.10 Å². The molecule has 0 atom stereocenters. The van der Waals surface area contributed by atoms with Gasteiger partial charge in [0.15, 0.2) is 0 Å². The lowest BCUT2D eigenvalue weighted by Crippen LogP contribution is -2.14. The zero-order chi connectivity index (χ0) is 17.1. The van der Waals surface area contributed by atoms with Crippen molar-refractivity contribution >= 4 is 22.6 Å². The van der Waals surface area contributed by atoms with Crippen molar-refractivity contribution in [2.75, 3.05) is 5.32 Å². The molecule has 0 aliphatic rings. The first-order valence-corrected chi connectivity index (χ1v) is 7.95. The molecule has 25 heavy (non-hydrogen) atoms. The van der Waals surface area contributed by atoms with Gasteiger partial charge >= 0.3 is 0 Å². The van der Waals surface area contributed by atoms with Crippen molar-refractivity contribution in [3.63, 3.8) is 0 Å². The fourth-order valence-electron chi connectivity index (χ4n) is 2.59. The Kier molecular flexibility index (Phi) is 3.96. The molecular formula is C18H16N6O. The third-order valence-electron chi connectivity index (χ3n) is 3.87. The van der Waals surface area contributed by atoms with Crippen LogP contribution in [0.2, 0.25) is 0 Å². The van der Waals surface area contributed by atoms with Gasteiger partial charge in [-0.25, -0.2) is 9.97 Å². The maximum Gasteiger partial charge on any atom is 0.226 e. The van der Waals surface area contributed by atoms with E-state index >= 15 is 0 Å². The molecule has 0 unspecified atom stereocenters. The fourth-order valence-corrected chi connectivity index (χ4v) is 2.59. The number of rotatable bonds is 5. The van der Waals surface area contributed by atoms with Crippen molar-refractivity contribution in [1.29, 1.82) is 0 Å². The van der Waals surface area contributed by atoms with Gasteiger partial charge in [0.2, 0.25) is 5.91 Å². The van der Waals surface area contributed by atoms with Gasteiger partial charge in [-0.3, -0.25) is 9.48 Å². The van der Waals surface area contributed by atoms with Gasteiger partial charge in [-0.15, -0.1) is 0 Å². The largest absolute Gasteiger partial charge is 0.338 e. The van der Waals surface area contributed by atoms with Crippen molar-refractivity contribution in [1.82, 2.24) is 24.7 Å². The number of carbonyl (C=O) groups excluding carboxylic acids is 1. The molecular weight excluding hydrogens is 316 g/mol. The van der Waals surface area contributed by atoms with E-state index in [9.17, 15) is 4.79 Å². The Balaban J connectivity index is 1.42. The van der Waals surface area contributed by atoms with E-state index in [1.54, 1.807) is 11.0 Å². The van der Waals surface area contributed by atoms with Crippen molar-refractivity contribution in [3.8, 4) is 11.4 Å². The van der Waals surface area contributed by atoms with Crippen molar-refractivity contribution in [2.24, 2.45) is 0 Å². The number of amides is 1. The van der Waals surface area contributed by atoms with Gasteiger partial charge in [0.25, 0.3) is 0 Å². The first-order chi connectivity index (χ1) is 12.3. The number of carbonyl (C=O) groups is 1. The number of aromatic amines is 1. The normalized spacial score (nSPS) is 10.9. The molecule has 7 heteroatoms. The molecule has 0 bridgehead atoms. The molecule has 0 saturated heterocycles. The summed E-state index contributed by atoms with van der Waals surface area (Å²) in [6, 6.07) is 15.5. The Bertz CT molecular complexity index is 955. The molecule has 0 aliphatic carbocycles. The minimum atomic E-state index is -0.0630. The monoisotopic (exact) mass is 332 g/mol. The van der Waals surface area contributed by atoms with Gasteiger partial charge < -0.3 is 10.3 Å². The molecule has 4 aromatic rings. The van der Waals surface area contributed by atoms with E-state index < -0.39 is 0 Å². The number of nitrogens with zero attached hydrogens (tertiary/aromatic N) is 4. The molecule has 2 aromatic heterocycles. The lowest BCUT2D eigenvalue weighted by molar-refractivity contribution is -0.116. The molecule has 1 amide bonds. The van der Waals surface area contributed by atoms with Crippen LogP contribution in [0.3, 0.4) is 0 Å². The Morgan fingerprint density at radius 3 is 2.72 bits per heavy atom. The van der Waals surface area contributed by atoms with E-state index in [1.807, 2.05) is 48.5 Å². The molecule has 2 heterocycles. The fraction of sp³-hybridized carbons (Fsp3) is 0.111. The summed E-state index contributed by atoms with van der Waals surface area (Å²) in [6.07, 6.45) is 3.39. The highest BCUT2D eigenvalue weighted by molar-refractivity contribution is 5.91. The number of aryl methyl sites for hydroxylation is 1. The van der Waals surface area contributed by atoms with E-state index in [0.717, 1.165) is 28.1 Å². The molecule has 0 radical (unpaired) electrons. The summed E-state index contributed by atoms with van der Waals surface area (Å²) in [5, 5.41) is 6.85. The Morgan fingerprint density at radius 1 is 1.12 bits per heavy atom. The van der Waals surface area contributed by atoms with Crippen LogP contribution < -0.4 is 5.32 Å². The zero-order valence-corrected chi connectivity index (χ0v) is 13.4. The van der Waals surface area contributed by atoms with Crippen LogP contribution in [-0.2, 0) is 11.3 Å². The highest BCUT2D eigenvalue weighted by Gasteiger charge is 2.06. The summed E-state index contributed by atoms with van der Waals surface area (Å²) in [7, 11) is 0. The van der Waals surface area contributed by atoms with Crippen LogP contribution in [0.25, 0.3) is 22.4 Å². The van der Waals surface area contributed by atoms with Crippen molar-refractivity contribution in [2.45, 2.75) is 13.0 Å². The van der Waals surface area contributed by atoms with E-state index in [-0.39, 0.29) is 5.91 Å². The lowest BCUT2D eigenvalue weighted by Gasteiger charge is -2.06. The quantitative estimate of drug-likeness (QED) is 0.588. The number of hydrogen-bond donors (Lipinski definition) is 2. The SMILES string of the molecule is O=C(CCn1cncn1)Nc1ccc(-c2nc3ccccc3[nH]2)cc1. The van der Waals surface area contributed by atoms with Gasteiger partial charge in [-0.05, 0) is 36.4 Å². The molecule has 2 aromatic carbocycles. The van der Waals surface area contributed by atoms with Crippen LogP contribution in [0.4, 0.5) is 5.69 Å². The first kappa shape index (κ1) is 15.1. The standard InChI is InChI=1S/C18H16N6O/c25-17(9-10-24-12-19-11-20-24)21-14-7-5-13(6-8-14)18-22-15-3-1-2-4-16(15)23-18/h1-8,11-12H,9-10H2,(H,21,25)(H,22,23). The highest BCUT2D eigenvalue weighted by Crippen LogP contribution is 2.22. The number of para-hydroxylation sites is 2. The number of benzene rings is 2. The number of hydrogen-bond acceptors (Lipinski definition) is 4. The average Bonchev–Trinajstić information content (AvgIpc) is 3.30. The van der Waals surface area contributed by atoms with Gasteiger partial charge in [0, 0.05) is 17.7 Å². The summed E-state index contributed by atoms with van der Waals surface area (Å²) >= 11 is 0.